The Bertz CT molecular complexity index is 979. The van der Waals surface area contributed by atoms with E-state index in [2.05, 4.69) is 15.6 Å². The topological polar surface area (TPSA) is 91.4 Å². The second-order valence-electron chi connectivity index (χ2n) is 7.52. The number of amides is 4. The Hall–Kier alpha value is -3.03. The zero-order valence-electron chi connectivity index (χ0n) is 15.5. The van der Waals surface area contributed by atoms with Crippen LogP contribution >= 0.6 is 0 Å². The zero-order valence-corrected chi connectivity index (χ0v) is 15.5. The highest BCUT2D eigenvalue weighted by molar-refractivity contribution is 6.10. The van der Waals surface area contributed by atoms with E-state index in [1.807, 2.05) is 6.92 Å². The van der Waals surface area contributed by atoms with Crippen LogP contribution in [0.15, 0.2) is 30.5 Å². The highest BCUT2D eigenvalue weighted by Crippen LogP contribution is 2.38. The molecule has 2 atom stereocenters. The highest BCUT2D eigenvalue weighted by Gasteiger charge is 2.55. The van der Waals surface area contributed by atoms with Crippen molar-refractivity contribution in [2.45, 2.75) is 38.1 Å². The summed E-state index contributed by atoms with van der Waals surface area (Å²) in [7, 11) is 0. The SMILES string of the molecule is CC1CCCCC12NC(=O)N(CC(=O)Nc1cnc3c(F)cccc3c1)C2=O. The van der Waals surface area contributed by atoms with Gasteiger partial charge in [0.2, 0.25) is 5.91 Å². The first kappa shape index (κ1) is 18.3. The fourth-order valence-corrected chi connectivity index (χ4v) is 4.18. The van der Waals surface area contributed by atoms with Crippen LogP contribution in [-0.4, -0.2) is 39.8 Å². The summed E-state index contributed by atoms with van der Waals surface area (Å²) in [6, 6.07) is 5.62. The van der Waals surface area contributed by atoms with Gasteiger partial charge >= 0.3 is 6.03 Å². The lowest BCUT2D eigenvalue weighted by molar-refractivity contribution is -0.136. The van der Waals surface area contributed by atoms with Gasteiger partial charge in [0.25, 0.3) is 5.91 Å². The van der Waals surface area contributed by atoms with Gasteiger partial charge in [0.05, 0.1) is 11.9 Å². The smallest absolute Gasteiger partial charge is 0.323 e. The van der Waals surface area contributed by atoms with Crippen LogP contribution in [0.4, 0.5) is 14.9 Å². The van der Waals surface area contributed by atoms with E-state index >= 15 is 0 Å². The Labute approximate surface area is 161 Å². The van der Waals surface area contributed by atoms with E-state index in [1.54, 1.807) is 18.2 Å². The molecule has 2 aromatic rings. The highest BCUT2D eigenvalue weighted by atomic mass is 19.1. The summed E-state index contributed by atoms with van der Waals surface area (Å²) in [5.74, 6) is -1.26. The standard InChI is InChI=1S/C20H21FN4O3/c1-12-5-2-3-8-20(12)18(27)25(19(28)24-20)11-16(26)23-14-9-13-6-4-7-15(21)17(13)22-10-14/h4,6-7,9-10,12H,2-3,5,8,11H2,1H3,(H,23,26)(H,24,28). The molecule has 4 amide bonds. The Kier molecular flexibility index (Phi) is 4.49. The molecule has 0 bridgehead atoms. The molecule has 28 heavy (non-hydrogen) atoms. The van der Waals surface area contributed by atoms with Crippen LogP contribution in [0.3, 0.4) is 0 Å². The summed E-state index contributed by atoms with van der Waals surface area (Å²) >= 11 is 0. The van der Waals surface area contributed by atoms with Crippen LogP contribution in [-0.2, 0) is 9.59 Å². The third kappa shape index (κ3) is 2.98. The maximum atomic E-state index is 13.7. The van der Waals surface area contributed by atoms with Crippen molar-refractivity contribution >= 4 is 34.4 Å². The second kappa shape index (κ2) is 6.85. The van der Waals surface area contributed by atoms with E-state index in [4.69, 9.17) is 0 Å². The van der Waals surface area contributed by atoms with Gasteiger partial charge in [-0.05, 0) is 30.9 Å². The molecular formula is C20H21FN4O3. The third-order valence-electron chi connectivity index (χ3n) is 5.75. The van der Waals surface area contributed by atoms with Crippen LogP contribution < -0.4 is 10.6 Å². The number of halogens is 1. The minimum absolute atomic E-state index is 0.0327. The molecule has 2 N–H and O–H groups in total. The number of hydrogen-bond donors (Lipinski definition) is 2. The predicted molar refractivity (Wildman–Crippen MR) is 101 cm³/mol. The molecule has 2 fully saturated rings. The maximum absolute atomic E-state index is 13.7. The fourth-order valence-electron chi connectivity index (χ4n) is 4.18. The lowest BCUT2D eigenvalue weighted by Crippen LogP contribution is -2.54. The zero-order chi connectivity index (χ0) is 19.9. The molecule has 0 radical (unpaired) electrons. The van der Waals surface area contributed by atoms with Crippen LogP contribution in [0.25, 0.3) is 10.9 Å². The molecule has 1 saturated carbocycles. The van der Waals surface area contributed by atoms with Crippen LogP contribution in [0.2, 0.25) is 0 Å². The number of pyridine rings is 1. The Balaban J connectivity index is 1.48. The largest absolute Gasteiger partial charge is 0.325 e. The van der Waals surface area contributed by atoms with Gasteiger partial charge in [0.1, 0.15) is 23.4 Å². The Morgan fingerprint density at radius 3 is 3.00 bits per heavy atom. The van der Waals surface area contributed by atoms with E-state index in [0.717, 1.165) is 24.2 Å². The van der Waals surface area contributed by atoms with E-state index in [0.29, 0.717) is 17.5 Å². The molecule has 1 aliphatic carbocycles. The first-order chi connectivity index (χ1) is 13.4. The summed E-state index contributed by atoms with van der Waals surface area (Å²) in [5, 5.41) is 5.99. The van der Waals surface area contributed by atoms with E-state index in [1.165, 1.54) is 12.3 Å². The first-order valence-electron chi connectivity index (χ1n) is 9.39. The second-order valence-corrected chi connectivity index (χ2v) is 7.52. The van der Waals surface area contributed by atoms with Crippen molar-refractivity contribution in [1.82, 2.24) is 15.2 Å². The van der Waals surface area contributed by atoms with E-state index in [9.17, 15) is 18.8 Å². The third-order valence-corrected chi connectivity index (χ3v) is 5.75. The maximum Gasteiger partial charge on any atom is 0.325 e. The monoisotopic (exact) mass is 384 g/mol. The van der Waals surface area contributed by atoms with Gasteiger partial charge < -0.3 is 10.6 Å². The first-order valence-corrected chi connectivity index (χ1v) is 9.39. The van der Waals surface area contributed by atoms with Crippen LogP contribution in [0.1, 0.15) is 32.6 Å². The number of aromatic nitrogens is 1. The normalized spacial score (nSPS) is 24.6. The van der Waals surface area contributed by atoms with Crippen LogP contribution in [0.5, 0.6) is 0 Å². The number of benzene rings is 1. The van der Waals surface area contributed by atoms with Gasteiger partial charge in [-0.2, -0.15) is 0 Å². The molecule has 1 aliphatic heterocycles. The van der Waals surface area contributed by atoms with Crippen molar-refractivity contribution in [3.63, 3.8) is 0 Å². The molecule has 2 heterocycles. The Morgan fingerprint density at radius 1 is 1.39 bits per heavy atom. The van der Waals surface area contributed by atoms with Crippen molar-refractivity contribution in [3.05, 3.63) is 36.3 Å². The molecule has 2 unspecified atom stereocenters. The van der Waals surface area contributed by atoms with Crippen molar-refractivity contribution in [2.75, 3.05) is 11.9 Å². The van der Waals surface area contributed by atoms with Gasteiger partial charge in [0, 0.05) is 5.39 Å². The summed E-state index contributed by atoms with van der Waals surface area (Å²) in [6.07, 6.45) is 4.71. The summed E-state index contributed by atoms with van der Waals surface area (Å²) in [4.78, 5) is 42.7. The molecule has 1 aromatic heterocycles. The van der Waals surface area contributed by atoms with Gasteiger partial charge in [-0.1, -0.05) is 31.9 Å². The average Bonchev–Trinajstić information content (AvgIpc) is 2.89. The number of rotatable bonds is 3. The molecule has 4 rings (SSSR count). The average molecular weight is 384 g/mol. The lowest BCUT2D eigenvalue weighted by atomic mass is 9.73. The number of para-hydroxylation sites is 1. The lowest BCUT2D eigenvalue weighted by Gasteiger charge is -2.36. The van der Waals surface area contributed by atoms with Crippen molar-refractivity contribution in [2.24, 2.45) is 5.92 Å². The van der Waals surface area contributed by atoms with E-state index < -0.39 is 23.3 Å². The summed E-state index contributed by atoms with van der Waals surface area (Å²) in [5.41, 5.74) is -0.309. The molecule has 146 valence electrons. The van der Waals surface area contributed by atoms with Crippen molar-refractivity contribution in [3.8, 4) is 0 Å². The van der Waals surface area contributed by atoms with Crippen molar-refractivity contribution < 1.29 is 18.8 Å². The number of nitrogens with one attached hydrogen (secondary N) is 2. The molecule has 1 spiro atoms. The Morgan fingerprint density at radius 2 is 2.21 bits per heavy atom. The van der Waals surface area contributed by atoms with Gasteiger partial charge in [0.15, 0.2) is 0 Å². The predicted octanol–water partition coefficient (Wildman–Crippen LogP) is 2.81. The quantitative estimate of drug-likeness (QED) is 0.796. The minimum atomic E-state index is -0.891. The van der Waals surface area contributed by atoms with Gasteiger partial charge in [-0.25, -0.2) is 9.18 Å². The number of fused-ring (bicyclic) bond motifs is 1. The van der Waals surface area contributed by atoms with Gasteiger partial charge in [-0.15, -0.1) is 0 Å². The molecule has 2 aliphatic rings. The number of urea groups is 1. The molecule has 1 saturated heterocycles. The van der Waals surface area contributed by atoms with E-state index in [-0.39, 0.29) is 23.9 Å². The number of hydrogen-bond acceptors (Lipinski definition) is 4. The number of carbonyl (C=O) groups excluding carboxylic acids is 3. The molecule has 8 heteroatoms. The number of imide groups is 1. The number of nitrogens with zero attached hydrogens (tertiary/aromatic N) is 2. The molecule has 1 aromatic carbocycles. The van der Waals surface area contributed by atoms with Crippen molar-refractivity contribution in [1.29, 1.82) is 0 Å². The fraction of sp³-hybridized carbons (Fsp3) is 0.400. The molecule has 7 nitrogen and oxygen atoms in total. The number of anilines is 1. The summed E-state index contributed by atoms with van der Waals surface area (Å²) < 4.78 is 13.7. The molecular weight excluding hydrogens is 363 g/mol. The number of carbonyl (C=O) groups is 3. The van der Waals surface area contributed by atoms with Gasteiger partial charge in [-0.3, -0.25) is 19.5 Å². The minimum Gasteiger partial charge on any atom is -0.323 e. The van der Waals surface area contributed by atoms with Crippen LogP contribution in [0, 0.1) is 11.7 Å². The summed E-state index contributed by atoms with van der Waals surface area (Å²) in [6.45, 7) is 1.58.